The summed E-state index contributed by atoms with van der Waals surface area (Å²) in [5, 5.41) is 0. The Morgan fingerprint density at radius 1 is 1.71 bits per heavy atom. The fourth-order valence-electron chi connectivity index (χ4n) is 1.16. The molecule has 1 aromatic heterocycles. The van der Waals surface area contributed by atoms with E-state index in [4.69, 9.17) is 10.5 Å². The predicted octanol–water partition coefficient (Wildman–Crippen LogP) is 1.73. The lowest BCUT2D eigenvalue weighted by Crippen LogP contribution is -2.13. The predicted molar refractivity (Wildman–Crippen MR) is 57.2 cm³/mol. The van der Waals surface area contributed by atoms with E-state index in [1.54, 1.807) is 0 Å². The number of aryl methyl sites for hydroxylation is 1. The molecular weight excluding hydrogens is 268 g/mol. The van der Waals surface area contributed by atoms with E-state index < -0.39 is 6.10 Å². The summed E-state index contributed by atoms with van der Waals surface area (Å²) in [5.41, 5.74) is 5.30. The van der Waals surface area contributed by atoms with Crippen LogP contribution < -0.4 is 5.73 Å². The molecule has 14 heavy (non-hydrogen) atoms. The minimum absolute atomic E-state index is 0.0535. The van der Waals surface area contributed by atoms with Gasteiger partial charge in [-0.3, -0.25) is 4.79 Å². The molecule has 6 heteroatoms. The number of thiophene rings is 1. The first-order valence-corrected chi connectivity index (χ1v) is 5.49. The van der Waals surface area contributed by atoms with Crippen LogP contribution in [0.1, 0.15) is 15.9 Å². The Hall–Kier alpha value is -0.880. The lowest BCUT2D eigenvalue weighted by atomic mass is 10.3. The second kappa shape index (κ2) is 3.36. The molecule has 2 heterocycles. The van der Waals surface area contributed by atoms with Gasteiger partial charge in [-0.25, -0.2) is 0 Å². The number of hydrogen-bond donors (Lipinski definition) is 1. The summed E-state index contributed by atoms with van der Waals surface area (Å²) in [6, 6.07) is 1.80. The van der Waals surface area contributed by atoms with Crippen molar-refractivity contribution in [1.29, 1.82) is 0 Å². The third-order valence-corrected chi connectivity index (χ3v) is 4.00. The van der Waals surface area contributed by atoms with E-state index in [2.05, 4.69) is 20.9 Å². The first-order valence-electron chi connectivity index (χ1n) is 3.88. The van der Waals surface area contributed by atoms with Crippen molar-refractivity contribution in [2.75, 3.05) is 0 Å². The number of halogens is 1. The first kappa shape index (κ1) is 9.67. The van der Waals surface area contributed by atoms with Crippen molar-refractivity contribution in [2.24, 2.45) is 10.7 Å². The van der Waals surface area contributed by atoms with Crippen LogP contribution in [0.3, 0.4) is 0 Å². The van der Waals surface area contributed by atoms with Gasteiger partial charge in [0, 0.05) is 9.35 Å². The summed E-state index contributed by atoms with van der Waals surface area (Å²) in [5.74, 6) is -0.337. The zero-order valence-corrected chi connectivity index (χ0v) is 9.68. The van der Waals surface area contributed by atoms with Crippen molar-refractivity contribution in [3.8, 4) is 0 Å². The number of aliphatic imine (C=N–C) groups is 1. The Kier molecular flexibility index (Phi) is 2.32. The summed E-state index contributed by atoms with van der Waals surface area (Å²) in [6.45, 7) is 1.96. The number of carbonyl (C=O) groups is 1. The fourth-order valence-corrected chi connectivity index (χ4v) is 2.74. The number of rotatable bonds is 1. The highest BCUT2D eigenvalue weighted by atomic mass is 79.9. The van der Waals surface area contributed by atoms with Crippen molar-refractivity contribution in [1.82, 2.24) is 0 Å². The van der Waals surface area contributed by atoms with Crippen molar-refractivity contribution in [3.63, 3.8) is 0 Å². The summed E-state index contributed by atoms with van der Waals surface area (Å²) in [4.78, 5) is 16.7. The van der Waals surface area contributed by atoms with Gasteiger partial charge in [-0.2, -0.15) is 4.99 Å². The van der Waals surface area contributed by atoms with Gasteiger partial charge in [0.05, 0.1) is 4.88 Å². The van der Waals surface area contributed by atoms with Crippen molar-refractivity contribution in [2.45, 2.75) is 13.0 Å². The van der Waals surface area contributed by atoms with Gasteiger partial charge in [-0.1, -0.05) is 0 Å². The van der Waals surface area contributed by atoms with E-state index in [0.29, 0.717) is 0 Å². The topological polar surface area (TPSA) is 64.7 Å². The number of amidine groups is 1. The third kappa shape index (κ3) is 1.55. The molecule has 0 bridgehead atoms. The number of amides is 1. The third-order valence-electron chi connectivity index (χ3n) is 1.82. The van der Waals surface area contributed by atoms with Gasteiger partial charge >= 0.3 is 0 Å². The SMILES string of the molecule is Cc1sc(C2OC(N)=NC2=O)cc1Br. The van der Waals surface area contributed by atoms with Crippen molar-refractivity contribution >= 4 is 39.2 Å². The van der Waals surface area contributed by atoms with Gasteiger partial charge in [-0.05, 0) is 28.9 Å². The van der Waals surface area contributed by atoms with Gasteiger partial charge in [0.2, 0.25) is 6.10 Å². The molecule has 4 nitrogen and oxygen atoms in total. The average Bonchev–Trinajstić information content (AvgIpc) is 2.57. The molecule has 0 fully saturated rings. The number of nitrogens with zero attached hydrogens (tertiary/aromatic N) is 1. The van der Waals surface area contributed by atoms with Gasteiger partial charge < -0.3 is 10.5 Å². The average molecular weight is 275 g/mol. The summed E-state index contributed by atoms with van der Waals surface area (Å²) >= 11 is 4.87. The van der Waals surface area contributed by atoms with Crippen LogP contribution in [-0.4, -0.2) is 11.9 Å². The molecule has 0 saturated carbocycles. The monoisotopic (exact) mass is 274 g/mol. The highest BCUT2D eigenvalue weighted by Crippen LogP contribution is 2.34. The zero-order valence-electron chi connectivity index (χ0n) is 7.28. The summed E-state index contributed by atoms with van der Waals surface area (Å²) in [7, 11) is 0. The quantitative estimate of drug-likeness (QED) is 0.848. The van der Waals surface area contributed by atoms with Crippen LogP contribution in [0.25, 0.3) is 0 Å². The van der Waals surface area contributed by atoms with Crippen LogP contribution in [0.2, 0.25) is 0 Å². The molecule has 2 N–H and O–H groups in total. The molecule has 0 aromatic carbocycles. The molecule has 0 saturated heterocycles. The smallest absolute Gasteiger partial charge is 0.296 e. The minimum Gasteiger partial charge on any atom is -0.446 e. The van der Waals surface area contributed by atoms with Crippen LogP contribution in [0.15, 0.2) is 15.5 Å². The number of carbonyl (C=O) groups excluding carboxylic acids is 1. The molecule has 1 unspecified atom stereocenters. The van der Waals surface area contributed by atoms with E-state index >= 15 is 0 Å². The Bertz CT molecular complexity index is 407. The molecule has 0 spiro atoms. The van der Waals surface area contributed by atoms with Gasteiger partial charge in [0.1, 0.15) is 0 Å². The Morgan fingerprint density at radius 2 is 2.43 bits per heavy atom. The highest BCUT2D eigenvalue weighted by molar-refractivity contribution is 9.10. The van der Waals surface area contributed by atoms with Crippen LogP contribution in [-0.2, 0) is 9.53 Å². The standard InChI is InChI=1S/C8H7BrN2O2S/c1-3-4(9)2-5(14-3)6-7(12)11-8(10)13-6/h2,6H,1H3,(H2,10,11,12). The second-order valence-electron chi connectivity index (χ2n) is 2.84. The van der Waals surface area contributed by atoms with Crippen molar-refractivity contribution < 1.29 is 9.53 Å². The minimum atomic E-state index is -0.648. The Morgan fingerprint density at radius 3 is 2.86 bits per heavy atom. The van der Waals surface area contributed by atoms with E-state index in [1.165, 1.54) is 11.3 Å². The zero-order chi connectivity index (χ0) is 10.3. The van der Waals surface area contributed by atoms with E-state index in [-0.39, 0.29) is 11.9 Å². The maximum atomic E-state index is 11.3. The normalized spacial score (nSPS) is 20.9. The summed E-state index contributed by atoms with van der Waals surface area (Å²) in [6.07, 6.45) is -0.648. The molecule has 2 rings (SSSR count). The molecule has 1 aliphatic heterocycles. The molecule has 1 aliphatic rings. The number of hydrogen-bond acceptors (Lipinski definition) is 4. The Labute approximate surface area is 92.9 Å². The molecule has 1 atom stereocenters. The fraction of sp³-hybridized carbons (Fsp3) is 0.250. The number of nitrogens with two attached hydrogens (primary N) is 1. The molecule has 1 aromatic rings. The van der Waals surface area contributed by atoms with E-state index in [1.807, 2.05) is 13.0 Å². The highest BCUT2D eigenvalue weighted by Gasteiger charge is 2.31. The maximum Gasteiger partial charge on any atom is 0.296 e. The lowest BCUT2D eigenvalue weighted by molar-refractivity contribution is -0.122. The molecule has 1 amide bonds. The van der Waals surface area contributed by atoms with Crippen LogP contribution in [0, 0.1) is 6.92 Å². The first-order chi connectivity index (χ1) is 6.58. The lowest BCUT2D eigenvalue weighted by Gasteiger charge is -2.04. The maximum absolute atomic E-state index is 11.3. The molecule has 0 radical (unpaired) electrons. The Balaban J connectivity index is 2.30. The van der Waals surface area contributed by atoms with Crippen LogP contribution in [0.4, 0.5) is 0 Å². The van der Waals surface area contributed by atoms with Crippen LogP contribution >= 0.6 is 27.3 Å². The number of ether oxygens (including phenoxy) is 1. The van der Waals surface area contributed by atoms with E-state index in [9.17, 15) is 4.79 Å². The largest absolute Gasteiger partial charge is 0.446 e. The van der Waals surface area contributed by atoms with Gasteiger partial charge in [0.15, 0.2) is 0 Å². The molecule has 74 valence electrons. The van der Waals surface area contributed by atoms with Gasteiger partial charge in [0.25, 0.3) is 11.9 Å². The summed E-state index contributed by atoms with van der Waals surface area (Å²) < 4.78 is 6.07. The van der Waals surface area contributed by atoms with Crippen molar-refractivity contribution in [3.05, 3.63) is 20.3 Å². The molecular formula is C8H7BrN2O2S. The second-order valence-corrected chi connectivity index (χ2v) is 4.98. The van der Waals surface area contributed by atoms with Crippen LogP contribution in [0.5, 0.6) is 0 Å². The van der Waals surface area contributed by atoms with E-state index in [0.717, 1.165) is 14.2 Å². The molecule has 0 aliphatic carbocycles. The van der Waals surface area contributed by atoms with Gasteiger partial charge in [-0.15, -0.1) is 11.3 Å².